The molecule has 7 heterocycles. The van der Waals surface area contributed by atoms with Crippen molar-refractivity contribution < 1.29 is 0 Å². The van der Waals surface area contributed by atoms with E-state index >= 15 is 0 Å². The third kappa shape index (κ3) is 7.61. The highest BCUT2D eigenvalue weighted by Gasteiger charge is 2.54. The van der Waals surface area contributed by atoms with Crippen LogP contribution in [0, 0.1) is 47.3 Å². The SMILES string of the molecule is C1CCC2C3NC(NC4NC(NC5NC(NC6NC(N3)C3CCCCC63)C3CCCCC53)C3CCCCC43)C2C1.c1ccncc1.c1ccncc1. The summed E-state index contributed by atoms with van der Waals surface area (Å²) in [7, 11) is 0. The summed E-state index contributed by atoms with van der Waals surface area (Å²) in [5, 5.41) is 33.8. The van der Waals surface area contributed by atoms with Crippen LogP contribution in [0.4, 0.5) is 0 Å². The van der Waals surface area contributed by atoms with Gasteiger partial charge in [0, 0.05) is 24.8 Å². The fourth-order valence-electron chi connectivity index (χ4n) is 12.6. The molecular formula is C42H66N10. The lowest BCUT2D eigenvalue weighted by Gasteiger charge is -2.35. The molecule has 9 fully saturated rings. The summed E-state index contributed by atoms with van der Waals surface area (Å²) in [5.74, 6) is 5.97. The van der Waals surface area contributed by atoms with Crippen LogP contribution in [0.25, 0.3) is 0 Å². The van der Waals surface area contributed by atoms with Gasteiger partial charge in [-0.2, -0.15) is 0 Å². The molecule has 2 aromatic rings. The van der Waals surface area contributed by atoms with Crippen LogP contribution in [-0.2, 0) is 0 Å². The Balaban J connectivity index is 0.000000256. The van der Waals surface area contributed by atoms with Crippen LogP contribution in [0.5, 0.6) is 0 Å². The molecule has 4 saturated carbocycles. The molecule has 10 nitrogen and oxygen atoms in total. The molecule has 8 unspecified atom stereocenters. The monoisotopic (exact) mass is 711 g/mol. The maximum atomic E-state index is 4.26. The molecule has 8 bridgehead atoms. The van der Waals surface area contributed by atoms with E-state index < -0.39 is 0 Å². The van der Waals surface area contributed by atoms with Gasteiger partial charge in [0.1, 0.15) is 0 Å². The highest BCUT2D eigenvalue weighted by molar-refractivity contribution is 5.08. The minimum absolute atomic E-state index is 0.420. The van der Waals surface area contributed by atoms with Gasteiger partial charge < -0.3 is 0 Å². The largest absolute Gasteiger partial charge is 0.286 e. The highest BCUT2D eigenvalue weighted by Crippen LogP contribution is 2.45. The van der Waals surface area contributed by atoms with Gasteiger partial charge in [0.05, 0.1) is 49.3 Å². The fourth-order valence-corrected chi connectivity index (χ4v) is 12.6. The molecule has 0 spiro atoms. The number of aromatic nitrogens is 2. The standard InChI is InChI=1S/C32H56N8.2C5H5N/c1-2-10-18-17(9-1)25-33-26(18)38-28-21-13-5-6-14-22(21)30(35-28)40-32-24-16-8-7-15-23(24)31(36-32)39-29-20-12-4-3-11-19(20)27(34-29)37-25;2*1-2-4-6-5-3-1/h17-40H,1-16H2;2*1-5H. The molecule has 0 radical (unpaired) electrons. The molecule has 5 aliphatic heterocycles. The molecular weight excluding hydrogens is 645 g/mol. The van der Waals surface area contributed by atoms with Crippen molar-refractivity contribution in [1.82, 2.24) is 52.5 Å². The Morgan fingerprint density at radius 3 is 0.538 bits per heavy atom. The molecule has 9 aliphatic rings. The first-order valence-electron chi connectivity index (χ1n) is 21.6. The first kappa shape index (κ1) is 35.7. The van der Waals surface area contributed by atoms with Crippen molar-refractivity contribution in [2.24, 2.45) is 47.3 Å². The Hall–Kier alpha value is -2.02. The van der Waals surface area contributed by atoms with Crippen LogP contribution in [0.2, 0.25) is 0 Å². The number of nitrogens with one attached hydrogen (secondary N) is 8. The van der Waals surface area contributed by atoms with Crippen LogP contribution in [0.15, 0.2) is 61.2 Å². The Kier molecular flexibility index (Phi) is 11.5. The number of pyridine rings is 2. The molecule has 0 amide bonds. The zero-order valence-electron chi connectivity index (χ0n) is 31.2. The smallest absolute Gasteiger partial charge is 0.0628 e. The van der Waals surface area contributed by atoms with Crippen molar-refractivity contribution in [3.05, 3.63) is 61.2 Å². The van der Waals surface area contributed by atoms with Crippen molar-refractivity contribution in [2.45, 2.75) is 152 Å². The zero-order chi connectivity index (χ0) is 34.7. The number of hydrogen-bond acceptors (Lipinski definition) is 10. The zero-order valence-corrected chi connectivity index (χ0v) is 31.2. The predicted octanol–water partition coefficient (Wildman–Crippen LogP) is 4.77. The molecule has 2 aromatic heterocycles. The number of nitrogens with zero attached hydrogens (tertiary/aromatic N) is 2. The molecule has 0 aromatic carbocycles. The summed E-state index contributed by atoms with van der Waals surface area (Å²) >= 11 is 0. The Labute approximate surface area is 312 Å². The second-order valence-electron chi connectivity index (χ2n) is 17.7. The summed E-state index contributed by atoms with van der Waals surface area (Å²) in [5.41, 5.74) is 0. The van der Waals surface area contributed by atoms with Gasteiger partial charge in [0.25, 0.3) is 0 Å². The van der Waals surface area contributed by atoms with E-state index in [1.807, 2.05) is 36.4 Å². The first-order chi connectivity index (χ1) is 25.8. The average molecular weight is 711 g/mol. The van der Waals surface area contributed by atoms with Gasteiger partial charge in [-0.3, -0.25) is 52.5 Å². The van der Waals surface area contributed by atoms with Gasteiger partial charge in [-0.15, -0.1) is 0 Å². The van der Waals surface area contributed by atoms with Crippen LogP contribution >= 0.6 is 0 Å². The first-order valence-corrected chi connectivity index (χ1v) is 21.6. The minimum Gasteiger partial charge on any atom is -0.286 e. The van der Waals surface area contributed by atoms with E-state index in [0.717, 1.165) is 47.3 Å². The van der Waals surface area contributed by atoms with E-state index in [4.69, 9.17) is 0 Å². The molecule has 10 heteroatoms. The van der Waals surface area contributed by atoms with E-state index in [1.165, 1.54) is 103 Å². The number of rotatable bonds is 0. The predicted molar refractivity (Wildman–Crippen MR) is 206 cm³/mol. The Morgan fingerprint density at radius 2 is 0.423 bits per heavy atom. The van der Waals surface area contributed by atoms with E-state index in [2.05, 4.69) is 52.5 Å². The van der Waals surface area contributed by atoms with Crippen molar-refractivity contribution in [3.63, 3.8) is 0 Å². The summed E-state index contributed by atoms with van der Waals surface area (Å²) in [6.07, 6.45) is 32.6. The lowest BCUT2D eigenvalue weighted by Crippen LogP contribution is -2.61. The van der Waals surface area contributed by atoms with Crippen molar-refractivity contribution in [1.29, 1.82) is 0 Å². The normalized spacial score (nSPS) is 46.2. The fraction of sp³-hybridized carbons (Fsp3) is 0.762. The van der Waals surface area contributed by atoms with Crippen molar-refractivity contribution >= 4 is 0 Å². The van der Waals surface area contributed by atoms with Crippen LogP contribution in [0.1, 0.15) is 103 Å². The van der Waals surface area contributed by atoms with Crippen molar-refractivity contribution in [3.8, 4) is 0 Å². The van der Waals surface area contributed by atoms with E-state index in [9.17, 15) is 0 Å². The average Bonchev–Trinajstić information content (AvgIpc) is 3.96. The second kappa shape index (κ2) is 16.8. The highest BCUT2D eigenvalue weighted by atomic mass is 15.4. The van der Waals surface area contributed by atoms with E-state index in [-0.39, 0.29) is 0 Å². The molecule has 4 aliphatic carbocycles. The van der Waals surface area contributed by atoms with Crippen LogP contribution in [-0.4, -0.2) is 59.3 Å². The van der Waals surface area contributed by atoms with E-state index in [0.29, 0.717) is 49.3 Å². The summed E-state index contributed by atoms with van der Waals surface area (Å²) in [4.78, 5) is 7.57. The summed E-state index contributed by atoms with van der Waals surface area (Å²) in [6, 6.07) is 11.4. The molecule has 11 rings (SSSR count). The lowest BCUT2D eigenvalue weighted by molar-refractivity contribution is 0.167. The Morgan fingerprint density at radius 1 is 0.250 bits per heavy atom. The second-order valence-corrected chi connectivity index (χ2v) is 17.7. The van der Waals surface area contributed by atoms with Crippen LogP contribution < -0.4 is 42.5 Å². The maximum Gasteiger partial charge on any atom is 0.0628 e. The lowest BCUT2D eigenvalue weighted by atomic mass is 9.76. The quantitative estimate of drug-likeness (QED) is 0.194. The number of fused-ring (bicyclic) bond motifs is 20. The number of hydrogen-bond donors (Lipinski definition) is 8. The molecule has 8 atom stereocenters. The Bertz CT molecular complexity index is 1080. The van der Waals surface area contributed by atoms with Crippen LogP contribution in [0.3, 0.4) is 0 Å². The van der Waals surface area contributed by atoms with Gasteiger partial charge in [-0.1, -0.05) is 63.5 Å². The van der Waals surface area contributed by atoms with Gasteiger partial charge in [-0.05, 0) is 123 Å². The third-order valence-corrected chi connectivity index (χ3v) is 14.9. The topological polar surface area (TPSA) is 122 Å². The molecule has 52 heavy (non-hydrogen) atoms. The third-order valence-electron chi connectivity index (χ3n) is 14.9. The summed E-state index contributed by atoms with van der Waals surface area (Å²) in [6.45, 7) is 0. The minimum atomic E-state index is 0.420. The van der Waals surface area contributed by atoms with Gasteiger partial charge in [0.15, 0.2) is 0 Å². The molecule has 5 saturated heterocycles. The van der Waals surface area contributed by atoms with Gasteiger partial charge >= 0.3 is 0 Å². The summed E-state index contributed by atoms with van der Waals surface area (Å²) < 4.78 is 0. The van der Waals surface area contributed by atoms with Crippen molar-refractivity contribution in [2.75, 3.05) is 0 Å². The van der Waals surface area contributed by atoms with E-state index in [1.54, 1.807) is 24.8 Å². The maximum absolute atomic E-state index is 4.26. The van der Waals surface area contributed by atoms with Gasteiger partial charge in [-0.25, -0.2) is 0 Å². The molecule has 284 valence electrons. The van der Waals surface area contributed by atoms with Gasteiger partial charge in [0.2, 0.25) is 0 Å². The molecule has 8 N–H and O–H groups in total.